The van der Waals surface area contributed by atoms with Crippen LogP contribution in [-0.4, -0.2) is 66.6 Å². The molecule has 0 bridgehead atoms. The van der Waals surface area contributed by atoms with Crippen LogP contribution in [-0.2, 0) is 29.7 Å². The van der Waals surface area contributed by atoms with Crippen LogP contribution in [0.5, 0.6) is 0 Å². The topological polar surface area (TPSA) is 95.8 Å². The molecule has 28 heavy (non-hydrogen) atoms. The van der Waals surface area contributed by atoms with Gasteiger partial charge in [-0.25, -0.2) is 4.79 Å². The number of Topliss-reactive ketones (excluding diaryl/α,β-unsaturated/α-hetero) is 1. The fourth-order valence-corrected chi connectivity index (χ4v) is 3.76. The molecular formula is C18H24N6O4. The summed E-state index contributed by atoms with van der Waals surface area (Å²) in [5.74, 6) is 0.368. The summed E-state index contributed by atoms with van der Waals surface area (Å²) in [5, 5.41) is 0. The van der Waals surface area contributed by atoms with E-state index in [0.717, 1.165) is 49.7 Å². The van der Waals surface area contributed by atoms with Gasteiger partial charge in [0.15, 0.2) is 11.2 Å². The highest BCUT2D eigenvalue weighted by Crippen LogP contribution is 2.16. The van der Waals surface area contributed by atoms with Gasteiger partial charge in [0.1, 0.15) is 5.78 Å². The quantitative estimate of drug-likeness (QED) is 0.578. The summed E-state index contributed by atoms with van der Waals surface area (Å²) in [7, 11) is 1.57. The average molecular weight is 388 g/mol. The summed E-state index contributed by atoms with van der Waals surface area (Å²) in [6.07, 6.45) is 1.86. The summed E-state index contributed by atoms with van der Waals surface area (Å²) in [4.78, 5) is 43.9. The number of rotatable bonds is 5. The van der Waals surface area contributed by atoms with Gasteiger partial charge in [-0.05, 0) is 13.8 Å². The highest BCUT2D eigenvalue weighted by molar-refractivity contribution is 5.78. The fraction of sp³-hybridized carbons (Fsp3) is 0.556. The van der Waals surface area contributed by atoms with E-state index in [0.29, 0.717) is 16.9 Å². The van der Waals surface area contributed by atoms with Crippen LogP contribution >= 0.6 is 0 Å². The molecule has 1 aliphatic heterocycles. The first-order chi connectivity index (χ1) is 13.4. The van der Waals surface area contributed by atoms with Gasteiger partial charge in [0.2, 0.25) is 5.78 Å². The number of hydrogen-bond acceptors (Lipinski definition) is 6. The molecule has 0 aliphatic carbocycles. The molecule has 0 spiro atoms. The molecule has 0 aromatic carbocycles. The maximum absolute atomic E-state index is 12.9. The van der Waals surface area contributed by atoms with E-state index in [9.17, 15) is 14.4 Å². The average Bonchev–Trinajstić information content (AvgIpc) is 3.17. The highest BCUT2D eigenvalue weighted by atomic mass is 16.5. The summed E-state index contributed by atoms with van der Waals surface area (Å²) in [6.45, 7) is 7.94. The van der Waals surface area contributed by atoms with Crippen LogP contribution in [0, 0.1) is 6.92 Å². The van der Waals surface area contributed by atoms with Crippen molar-refractivity contribution in [2.24, 2.45) is 7.05 Å². The molecule has 4 heterocycles. The Balaban J connectivity index is 1.82. The Kier molecular flexibility index (Phi) is 4.68. The van der Waals surface area contributed by atoms with Gasteiger partial charge in [-0.2, -0.15) is 4.98 Å². The monoisotopic (exact) mass is 388 g/mol. The first-order valence-corrected chi connectivity index (χ1v) is 9.35. The predicted octanol–water partition coefficient (Wildman–Crippen LogP) is -0.621. The standard InChI is InChI=1S/C18H24N6O4/c1-12-10-23-14-15(20(3)18(27)24(16(14)26)11-13(2)25)19-17(23)22(12)5-4-21-6-8-28-9-7-21/h10H,4-9,11H2,1-3H3. The number of carbonyl (C=O) groups excluding carboxylic acids is 1. The Morgan fingerprint density at radius 3 is 2.57 bits per heavy atom. The van der Waals surface area contributed by atoms with Gasteiger partial charge in [0.25, 0.3) is 5.56 Å². The number of aromatic nitrogens is 5. The number of imidazole rings is 2. The third-order valence-electron chi connectivity index (χ3n) is 5.26. The first-order valence-electron chi connectivity index (χ1n) is 9.35. The second-order valence-corrected chi connectivity index (χ2v) is 7.27. The molecule has 3 aromatic heterocycles. The van der Waals surface area contributed by atoms with Gasteiger partial charge in [-0.15, -0.1) is 0 Å². The van der Waals surface area contributed by atoms with Gasteiger partial charge in [-0.1, -0.05) is 0 Å². The van der Waals surface area contributed by atoms with Crippen LogP contribution in [0.1, 0.15) is 12.6 Å². The maximum Gasteiger partial charge on any atom is 0.332 e. The SMILES string of the molecule is CC(=O)Cn1c(=O)c2c(nc3n(CCN4CCOCC4)c(C)cn23)n(C)c1=O. The van der Waals surface area contributed by atoms with Crippen LogP contribution in [0.2, 0.25) is 0 Å². The van der Waals surface area contributed by atoms with Crippen molar-refractivity contribution in [1.82, 2.24) is 28.0 Å². The maximum atomic E-state index is 12.9. The predicted molar refractivity (Wildman–Crippen MR) is 103 cm³/mol. The summed E-state index contributed by atoms with van der Waals surface area (Å²) in [6, 6.07) is 0. The van der Waals surface area contributed by atoms with Crippen molar-refractivity contribution in [2.45, 2.75) is 26.9 Å². The van der Waals surface area contributed by atoms with E-state index in [1.165, 1.54) is 11.5 Å². The smallest absolute Gasteiger partial charge is 0.332 e. The number of morpholine rings is 1. The summed E-state index contributed by atoms with van der Waals surface area (Å²) in [5.41, 5.74) is 0.580. The van der Waals surface area contributed by atoms with E-state index in [2.05, 4.69) is 14.5 Å². The minimum absolute atomic E-state index is 0.245. The summed E-state index contributed by atoms with van der Waals surface area (Å²) < 4.78 is 11.5. The van der Waals surface area contributed by atoms with Crippen LogP contribution in [0.4, 0.5) is 0 Å². The zero-order chi connectivity index (χ0) is 20.0. The lowest BCUT2D eigenvalue weighted by molar-refractivity contribution is -0.117. The van der Waals surface area contributed by atoms with Crippen molar-refractivity contribution >= 4 is 22.7 Å². The van der Waals surface area contributed by atoms with E-state index in [4.69, 9.17) is 4.74 Å². The lowest BCUT2D eigenvalue weighted by atomic mass is 10.4. The van der Waals surface area contributed by atoms with Gasteiger partial charge in [0.05, 0.1) is 19.8 Å². The summed E-state index contributed by atoms with van der Waals surface area (Å²) >= 11 is 0. The van der Waals surface area contributed by atoms with Crippen molar-refractivity contribution in [1.29, 1.82) is 0 Å². The Morgan fingerprint density at radius 2 is 1.89 bits per heavy atom. The molecule has 0 atom stereocenters. The third kappa shape index (κ3) is 2.98. The molecule has 0 saturated carbocycles. The van der Waals surface area contributed by atoms with E-state index in [1.807, 2.05) is 13.1 Å². The van der Waals surface area contributed by atoms with Crippen molar-refractivity contribution in [3.05, 3.63) is 32.7 Å². The molecule has 10 heteroatoms. The molecule has 0 N–H and O–H groups in total. The number of aryl methyl sites for hydroxylation is 2. The van der Waals surface area contributed by atoms with Crippen molar-refractivity contribution in [2.75, 3.05) is 32.8 Å². The van der Waals surface area contributed by atoms with E-state index < -0.39 is 11.2 Å². The van der Waals surface area contributed by atoms with Gasteiger partial charge in [-0.3, -0.25) is 28.0 Å². The molecule has 150 valence electrons. The van der Waals surface area contributed by atoms with E-state index in [1.54, 1.807) is 11.4 Å². The number of nitrogens with zero attached hydrogens (tertiary/aromatic N) is 6. The minimum Gasteiger partial charge on any atom is -0.379 e. The van der Waals surface area contributed by atoms with Crippen LogP contribution in [0.3, 0.4) is 0 Å². The molecule has 1 aliphatic rings. The Bertz CT molecular complexity index is 1180. The molecule has 0 amide bonds. The fourth-order valence-electron chi connectivity index (χ4n) is 3.76. The first kappa shape index (κ1) is 18.6. The molecule has 10 nitrogen and oxygen atoms in total. The Hall–Kier alpha value is -2.72. The second-order valence-electron chi connectivity index (χ2n) is 7.27. The minimum atomic E-state index is -0.537. The van der Waals surface area contributed by atoms with Crippen molar-refractivity contribution in [3.8, 4) is 0 Å². The normalized spacial score (nSPS) is 15.7. The lowest BCUT2D eigenvalue weighted by Gasteiger charge is -2.26. The zero-order valence-electron chi connectivity index (χ0n) is 16.3. The number of hydrogen-bond donors (Lipinski definition) is 0. The van der Waals surface area contributed by atoms with Gasteiger partial charge >= 0.3 is 5.69 Å². The molecular weight excluding hydrogens is 364 g/mol. The number of fused-ring (bicyclic) bond motifs is 3. The van der Waals surface area contributed by atoms with Crippen LogP contribution < -0.4 is 11.2 Å². The van der Waals surface area contributed by atoms with Crippen molar-refractivity contribution < 1.29 is 9.53 Å². The van der Waals surface area contributed by atoms with Crippen LogP contribution in [0.25, 0.3) is 16.9 Å². The molecule has 0 unspecified atom stereocenters. The molecule has 0 radical (unpaired) electrons. The van der Waals surface area contributed by atoms with Crippen molar-refractivity contribution in [3.63, 3.8) is 0 Å². The number of carbonyl (C=O) groups is 1. The van der Waals surface area contributed by atoms with E-state index in [-0.39, 0.29) is 12.3 Å². The largest absolute Gasteiger partial charge is 0.379 e. The van der Waals surface area contributed by atoms with Crippen LogP contribution in [0.15, 0.2) is 15.8 Å². The Morgan fingerprint density at radius 1 is 1.18 bits per heavy atom. The lowest BCUT2D eigenvalue weighted by Crippen LogP contribution is -2.40. The highest BCUT2D eigenvalue weighted by Gasteiger charge is 2.21. The number of ketones is 1. The van der Waals surface area contributed by atoms with E-state index >= 15 is 0 Å². The second kappa shape index (κ2) is 7.02. The number of ether oxygens (including phenoxy) is 1. The molecule has 1 saturated heterocycles. The third-order valence-corrected chi connectivity index (χ3v) is 5.26. The molecule has 3 aromatic rings. The van der Waals surface area contributed by atoms with Gasteiger partial charge in [0, 0.05) is 45.1 Å². The zero-order valence-corrected chi connectivity index (χ0v) is 16.3. The molecule has 4 rings (SSSR count). The Labute approximate surface area is 160 Å². The molecule has 1 fully saturated rings. The van der Waals surface area contributed by atoms with Gasteiger partial charge < -0.3 is 9.30 Å².